The van der Waals surface area contributed by atoms with Crippen LogP contribution in [0, 0.1) is 0 Å². The second-order valence-corrected chi connectivity index (χ2v) is 6.51. The molecule has 142 valence electrons. The van der Waals surface area contributed by atoms with Crippen LogP contribution in [0.15, 0.2) is 60.1 Å². The molecule has 0 atom stereocenters. The maximum absolute atomic E-state index is 4.78. The highest BCUT2D eigenvalue weighted by molar-refractivity contribution is 5.79. The summed E-state index contributed by atoms with van der Waals surface area (Å²) in [4.78, 5) is 11.4. The Morgan fingerprint density at radius 1 is 1.22 bits per heavy atom. The van der Waals surface area contributed by atoms with Crippen molar-refractivity contribution in [1.82, 2.24) is 29.5 Å². The van der Waals surface area contributed by atoms with Gasteiger partial charge in [0.1, 0.15) is 12.4 Å². The minimum Gasteiger partial charge on any atom is -0.357 e. The standard InChI is InChI=1S/C20H27N7/c1-4-21-20(25(2)14-18-12-24-26(3)15-18)23-13-19-22-10-11-27(19)16-17-8-6-5-7-9-17/h5-12,15H,4,13-14,16H2,1-3H3,(H,21,23). The van der Waals surface area contributed by atoms with Gasteiger partial charge in [0.05, 0.1) is 6.20 Å². The number of aliphatic imine (C=N–C) groups is 1. The summed E-state index contributed by atoms with van der Waals surface area (Å²) in [6.45, 7) is 4.96. The Kier molecular flexibility index (Phi) is 6.25. The summed E-state index contributed by atoms with van der Waals surface area (Å²) in [6.07, 6.45) is 7.74. The number of nitrogens with zero attached hydrogens (tertiary/aromatic N) is 6. The van der Waals surface area contributed by atoms with Gasteiger partial charge in [-0.1, -0.05) is 30.3 Å². The maximum atomic E-state index is 4.78. The lowest BCUT2D eigenvalue weighted by Crippen LogP contribution is -2.38. The van der Waals surface area contributed by atoms with E-state index in [0.29, 0.717) is 6.54 Å². The Balaban J connectivity index is 1.69. The minimum atomic E-state index is 0.527. The van der Waals surface area contributed by atoms with Crippen molar-refractivity contribution in [2.75, 3.05) is 13.6 Å². The first-order valence-electron chi connectivity index (χ1n) is 9.16. The molecule has 1 aromatic carbocycles. The van der Waals surface area contributed by atoms with Gasteiger partial charge < -0.3 is 14.8 Å². The number of nitrogens with one attached hydrogen (secondary N) is 1. The predicted molar refractivity (Wildman–Crippen MR) is 107 cm³/mol. The summed E-state index contributed by atoms with van der Waals surface area (Å²) < 4.78 is 3.96. The van der Waals surface area contributed by atoms with E-state index in [0.717, 1.165) is 37.0 Å². The molecule has 0 aliphatic carbocycles. The Bertz CT molecular complexity index is 863. The topological polar surface area (TPSA) is 63.3 Å². The van der Waals surface area contributed by atoms with E-state index in [9.17, 15) is 0 Å². The van der Waals surface area contributed by atoms with Gasteiger partial charge in [-0.15, -0.1) is 0 Å². The molecule has 0 radical (unpaired) electrons. The van der Waals surface area contributed by atoms with E-state index in [1.165, 1.54) is 5.56 Å². The van der Waals surface area contributed by atoms with Gasteiger partial charge in [0.15, 0.2) is 5.96 Å². The van der Waals surface area contributed by atoms with Gasteiger partial charge in [0.2, 0.25) is 0 Å². The predicted octanol–water partition coefficient (Wildman–Crippen LogP) is 2.26. The third-order valence-corrected chi connectivity index (χ3v) is 4.24. The zero-order chi connectivity index (χ0) is 19.1. The fraction of sp³-hybridized carbons (Fsp3) is 0.350. The van der Waals surface area contributed by atoms with Gasteiger partial charge in [-0.05, 0) is 12.5 Å². The molecule has 0 spiro atoms. The van der Waals surface area contributed by atoms with E-state index in [4.69, 9.17) is 4.99 Å². The number of hydrogen-bond acceptors (Lipinski definition) is 3. The molecule has 0 aliphatic heterocycles. The molecule has 2 aromatic heterocycles. The molecule has 1 N–H and O–H groups in total. The van der Waals surface area contributed by atoms with Crippen molar-refractivity contribution in [3.63, 3.8) is 0 Å². The number of hydrogen-bond donors (Lipinski definition) is 1. The molecular weight excluding hydrogens is 338 g/mol. The number of benzene rings is 1. The van der Waals surface area contributed by atoms with Crippen molar-refractivity contribution in [2.24, 2.45) is 12.0 Å². The van der Waals surface area contributed by atoms with E-state index in [1.807, 2.05) is 49.6 Å². The molecule has 0 saturated heterocycles. The SMILES string of the molecule is CCNC(=NCc1nccn1Cc1ccccc1)N(C)Cc1cnn(C)c1. The molecule has 2 heterocycles. The quantitative estimate of drug-likeness (QED) is 0.515. The highest BCUT2D eigenvalue weighted by Crippen LogP contribution is 2.07. The second-order valence-electron chi connectivity index (χ2n) is 6.51. The van der Waals surface area contributed by atoms with Crippen molar-refractivity contribution in [2.45, 2.75) is 26.6 Å². The van der Waals surface area contributed by atoms with E-state index in [2.05, 4.69) is 56.1 Å². The zero-order valence-electron chi connectivity index (χ0n) is 16.2. The van der Waals surface area contributed by atoms with E-state index in [1.54, 1.807) is 0 Å². The van der Waals surface area contributed by atoms with Gasteiger partial charge in [-0.3, -0.25) is 4.68 Å². The van der Waals surface area contributed by atoms with Crippen LogP contribution in [0.3, 0.4) is 0 Å². The number of aryl methyl sites for hydroxylation is 1. The Morgan fingerprint density at radius 3 is 2.74 bits per heavy atom. The minimum absolute atomic E-state index is 0.527. The number of imidazole rings is 1. The molecule has 27 heavy (non-hydrogen) atoms. The summed E-state index contributed by atoms with van der Waals surface area (Å²) >= 11 is 0. The second kappa shape index (κ2) is 9.02. The molecule has 0 unspecified atom stereocenters. The molecule has 0 fully saturated rings. The average Bonchev–Trinajstić information content (AvgIpc) is 3.28. The van der Waals surface area contributed by atoms with Gasteiger partial charge in [-0.25, -0.2) is 9.98 Å². The van der Waals surface area contributed by atoms with Gasteiger partial charge >= 0.3 is 0 Å². The Labute approximate surface area is 160 Å². The maximum Gasteiger partial charge on any atom is 0.194 e. The van der Waals surface area contributed by atoms with Crippen LogP contribution < -0.4 is 5.32 Å². The van der Waals surface area contributed by atoms with E-state index < -0.39 is 0 Å². The summed E-state index contributed by atoms with van der Waals surface area (Å²) in [5, 5.41) is 7.58. The molecule has 3 aromatic rings. The van der Waals surface area contributed by atoms with Crippen LogP contribution in [-0.2, 0) is 26.7 Å². The molecular formula is C20H27N7. The van der Waals surface area contributed by atoms with Crippen molar-refractivity contribution >= 4 is 5.96 Å². The fourth-order valence-corrected chi connectivity index (χ4v) is 2.93. The van der Waals surface area contributed by atoms with Crippen molar-refractivity contribution < 1.29 is 0 Å². The van der Waals surface area contributed by atoms with Gasteiger partial charge in [0.25, 0.3) is 0 Å². The molecule has 7 nitrogen and oxygen atoms in total. The third-order valence-electron chi connectivity index (χ3n) is 4.24. The first-order chi connectivity index (χ1) is 13.2. The normalized spacial score (nSPS) is 11.6. The molecule has 7 heteroatoms. The first kappa shape index (κ1) is 18.7. The van der Waals surface area contributed by atoms with Crippen LogP contribution in [0.1, 0.15) is 23.9 Å². The number of aromatic nitrogens is 4. The van der Waals surface area contributed by atoms with Crippen LogP contribution in [-0.4, -0.2) is 43.8 Å². The molecule has 0 saturated carbocycles. The molecule has 0 aliphatic rings. The Hall–Kier alpha value is -3.09. The number of guanidine groups is 1. The van der Waals surface area contributed by atoms with Crippen LogP contribution in [0.4, 0.5) is 0 Å². The van der Waals surface area contributed by atoms with Crippen LogP contribution in [0.5, 0.6) is 0 Å². The van der Waals surface area contributed by atoms with E-state index >= 15 is 0 Å². The van der Waals surface area contributed by atoms with Crippen molar-refractivity contribution in [3.05, 3.63) is 72.1 Å². The number of rotatable bonds is 7. The lowest BCUT2D eigenvalue weighted by atomic mass is 10.2. The monoisotopic (exact) mass is 365 g/mol. The van der Waals surface area contributed by atoms with Gasteiger partial charge in [-0.2, -0.15) is 5.10 Å². The fourth-order valence-electron chi connectivity index (χ4n) is 2.93. The summed E-state index contributed by atoms with van der Waals surface area (Å²) in [6, 6.07) is 10.4. The molecule has 0 bridgehead atoms. The highest BCUT2D eigenvalue weighted by atomic mass is 15.3. The Morgan fingerprint density at radius 2 is 2.04 bits per heavy atom. The third kappa shape index (κ3) is 5.20. The molecule has 0 amide bonds. The first-order valence-corrected chi connectivity index (χ1v) is 9.16. The van der Waals surface area contributed by atoms with Crippen molar-refractivity contribution in [3.8, 4) is 0 Å². The largest absolute Gasteiger partial charge is 0.357 e. The van der Waals surface area contributed by atoms with Crippen LogP contribution in [0.2, 0.25) is 0 Å². The lowest BCUT2D eigenvalue weighted by molar-refractivity contribution is 0.475. The summed E-state index contributed by atoms with van der Waals surface area (Å²) in [5.41, 5.74) is 2.40. The zero-order valence-corrected chi connectivity index (χ0v) is 16.2. The molecule has 3 rings (SSSR count). The van der Waals surface area contributed by atoms with Crippen LogP contribution >= 0.6 is 0 Å². The summed E-state index contributed by atoms with van der Waals surface area (Å²) in [7, 11) is 3.96. The highest BCUT2D eigenvalue weighted by Gasteiger charge is 2.09. The summed E-state index contributed by atoms with van der Waals surface area (Å²) in [5.74, 6) is 1.81. The smallest absolute Gasteiger partial charge is 0.194 e. The average molecular weight is 365 g/mol. The van der Waals surface area contributed by atoms with Crippen LogP contribution in [0.25, 0.3) is 0 Å². The lowest BCUT2D eigenvalue weighted by Gasteiger charge is -2.21. The van der Waals surface area contributed by atoms with E-state index in [-0.39, 0.29) is 0 Å². The van der Waals surface area contributed by atoms with Gasteiger partial charge in [0, 0.05) is 57.9 Å². The van der Waals surface area contributed by atoms with Crippen molar-refractivity contribution in [1.29, 1.82) is 0 Å².